The summed E-state index contributed by atoms with van der Waals surface area (Å²) in [5.74, 6) is 0.242. The first-order valence-electron chi connectivity index (χ1n) is 6.32. The third-order valence-electron chi connectivity index (χ3n) is 2.93. The summed E-state index contributed by atoms with van der Waals surface area (Å²) in [6.45, 7) is 2.95. The lowest BCUT2D eigenvalue weighted by molar-refractivity contribution is -0.118. The fourth-order valence-corrected chi connectivity index (χ4v) is 4.09. The van der Waals surface area contributed by atoms with Gasteiger partial charge in [0.25, 0.3) is 0 Å². The van der Waals surface area contributed by atoms with E-state index in [1.807, 2.05) is 12.1 Å². The number of aliphatic imine (C=N–C) groups is 1. The van der Waals surface area contributed by atoms with E-state index < -0.39 is 6.04 Å². The second-order valence-electron chi connectivity index (χ2n) is 4.40. The van der Waals surface area contributed by atoms with Gasteiger partial charge in [0.2, 0.25) is 5.91 Å². The summed E-state index contributed by atoms with van der Waals surface area (Å²) in [6.07, 6.45) is 0. The summed E-state index contributed by atoms with van der Waals surface area (Å²) in [6, 6.07) is 5.69. The average molecular weight is 306 g/mol. The highest BCUT2D eigenvalue weighted by molar-refractivity contribution is 8.15. The summed E-state index contributed by atoms with van der Waals surface area (Å²) in [4.78, 5) is 20.1. The van der Waals surface area contributed by atoms with Gasteiger partial charge in [0.1, 0.15) is 16.1 Å². The molecule has 20 heavy (non-hydrogen) atoms. The monoisotopic (exact) mass is 306 g/mol. The van der Waals surface area contributed by atoms with Crippen LogP contribution in [-0.4, -0.2) is 34.3 Å². The van der Waals surface area contributed by atoms with Gasteiger partial charge in [-0.1, -0.05) is 0 Å². The Morgan fingerprint density at radius 1 is 1.55 bits per heavy atom. The number of carbonyl (C=O) groups is 1. The van der Waals surface area contributed by atoms with Gasteiger partial charge >= 0.3 is 0 Å². The van der Waals surface area contributed by atoms with Gasteiger partial charge in [-0.25, -0.2) is 4.98 Å². The zero-order valence-corrected chi connectivity index (χ0v) is 12.6. The second kappa shape index (κ2) is 5.41. The highest BCUT2D eigenvalue weighted by Crippen LogP contribution is 2.30. The standard InChI is InChI=1S/C13H14N4OS2/c1-2-15-7-3-4-8-10(5-7)20-13(16-8)12-17-9(6-19-12)11(14)18/h3-5,9,15H,2,6H2,1H3,(H2,14,18)/t9-/m1/s1. The molecule has 5 nitrogen and oxygen atoms in total. The molecule has 0 bridgehead atoms. The minimum atomic E-state index is -0.417. The van der Waals surface area contributed by atoms with E-state index in [9.17, 15) is 4.79 Å². The topological polar surface area (TPSA) is 80.4 Å². The summed E-state index contributed by atoms with van der Waals surface area (Å²) >= 11 is 3.14. The van der Waals surface area contributed by atoms with Crippen molar-refractivity contribution >= 4 is 50.0 Å². The van der Waals surface area contributed by atoms with Crippen LogP contribution in [-0.2, 0) is 4.79 Å². The molecular weight excluding hydrogens is 292 g/mol. The molecule has 1 atom stereocenters. The predicted octanol–water partition coefficient (Wildman–Crippen LogP) is 2.08. The second-order valence-corrected chi connectivity index (χ2v) is 6.43. The van der Waals surface area contributed by atoms with E-state index >= 15 is 0 Å². The van der Waals surface area contributed by atoms with Crippen LogP contribution < -0.4 is 11.1 Å². The van der Waals surface area contributed by atoms with Crippen molar-refractivity contribution in [2.75, 3.05) is 17.6 Å². The molecule has 3 N–H and O–H groups in total. The Morgan fingerprint density at radius 2 is 2.40 bits per heavy atom. The number of rotatable bonds is 4. The molecule has 1 amide bonds. The van der Waals surface area contributed by atoms with E-state index in [4.69, 9.17) is 5.73 Å². The van der Waals surface area contributed by atoms with Gasteiger partial charge in [-0.2, -0.15) is 0 Å². The molecule has 1 aliphatic heterocycles. The number of anilines is 1. The van der Waals surface area contributed by atoms with Crippen LogP contribution in [0, 0.1) is 0 Å². The number of hydrogen-bond acceptors (Lipinski definition) is 6. The fourth-order valence-electron chi connectivity index (χ4n) is 1.97. The number of nitrogens with zero attached hydrogens (tertiary/aromatic N) is 2. The van der Waals surface area contributed by atoms with Crippen molar-refractivity contribution in [2.45, 2.75) is 13.0 Å². The molecule has 0 saturated carbocycles. The molecule has 7 heteroatoms. The molecule has 1 aliphatic rings. The number of benzene rings is 1. The zero-order chi connectivity index (χ0) is 14.1. The van der Waals surface area contributed by atoms with Crippen LogP contribution in [0.15, 0.2) is 23.2 Å². The highest BCUT2D eigenvalue weighted by Gasteiger charge is 2.25. The molecule has 104 valence electrons. The fraction of sp³-hybridized carbons (Fsp3) is 0.308. The molecule has 3 rings (SSSR count). The van der Waals surface area contributed by atoms with E-state index in [1.165, 1.54) is 0 Å². The molecule has 0 aliphatic carbocycles. The Kier molecular flexibility index (Phi) is 3.62. The van der Waals surface area contributed by atoms with Crippen LogP contribution in [0.1, 0.15) is 11.9 Å². The molecule has 0 unspecified atom stereocenters. The number of aromatic nitrogens is 1. The van der Waals surface area contributed by atoms with Crippen molar-refractivity contribution in [1.29, 1.82) is 0 Å². The molecule has 2 aromatic rings. The molecule has 1 aromatic heterocycles. The maximum Gasteiger partial charge on any atom is 0.243 e. The van der Waals surface area contributed by atoms with Gasteiger partial charge in [-0.15, -0.1) is 23.1 Å². The maximum absolute atomic E-state index is 11.1. The van der Waals surface area contributed by atoms with Gasteiger partial charge in [0, 0.05) is 18.0 Å². The highest BCUT2D eigenvalue weighted by atomic mass is 32.2. The van der Waals surface area contributed by atoms with Crippen LogP contribution in [0.2, 0.25) is 0 Å². The molecule has 0 fully saturated rings. The minimum Gasteiger partial charge on any atom is -0.385 e. The van der Waals surface area contributed by atoms with Gasteiger partial charge in [-0.3, -0.25) is 9.79 Å². The number of thiazole rings is 1. The summed E-state index contributed by atoms with van der Waals surface area (Å²) in [5, 5.41) is 4.97. The van der Waals surface area contributed by atoms with Gasteiger partial charge in [0.15, 0.2) is 0 Å². The third kappa shape index (κ3) is 2.51. The minimum absolute atomic E-state index is 0.372. The van der Waals surface area contributed by atoms with E-state index in [1.54, 1.807) is 23.1 Å². The van der Waals surface area contributed by atoms with Crippen molar-refractivity contribution in [3.8, 4) is 0 Å². The van der Waals surface area contributed by atoms with Crippen molar-refractivity contribution < 1.29 is 4.79 Å². The van der Waals surface area contributed by atoms with E-state index in [0.29, 0.717) is 5.75 Å². The first kappa shape index (κ1) is 13.4. The summed E-state index contributed by atoms with van der Waals surface area (Å²) in [5.41, 5.74) is 7.33. The van der Waals surface area contributed by atoms with Crippen LogP contribution in [0.25, 0.3) is 10.2 Å². The zero-order valence-electron chi connectivity index (χ0n) is 10.9. The summed E-state index contributed by atoms with van der Waals surface area (Å²) in [7, 11) is 0. The number of nitrogens with one attached hydrogen (secondary N) is 1. The Morgan fingerprint density at radius 3 is 3.10 bits per heavy atom. The van der Waals surface area contributed by atoms with Crippen LogP contribution in [0.5, 0.6) is 0 Å². The Bertz CT molecular complexity index is 695. The lowest BCUT2D eigenvalue weighted by atomic mass is 10.3. The van der Waals surface area contributed by atoms with E-state index in [-0.39, 0.29) is 5.91 Å². The van der Waals surface area contributed by atoms with Crippen LogP contribution >= 0.6 is 23.1 Å². The van der Waals surface area contributed by atoms with Gasteiger partial charge < -0.3 is 11.1 Å². The largest absolute Gasteiger partial charge is 0.385 e. The lowest BCUT2D eigenvalue weighted by Crippen LogP contribution is -2.26. The van der Waals surface area contributed by atoms with E-state index in [2.05, 4.69) is 28.3 Å². The number of nitrogens with two attached hydrogens (primary N) is 1. The van der Waals surface area contributed by atoms with Gasteiger partial charge in [0.05, 0.1) is 10.2 Å². The molecule has 0 saturated heterocycles. The smallest absolute Gasteiger partial charge is 0.243 e. The SMILES string of the molecule is CCNc1ccc2nc(C3=N[C@@H](C(N)=O)CS3)sc2c1. The first-order valence-corrected chi connectivity index (χ1v) is 8.12. The van der Waals surface area contributed by atoms with Crippen molar-refractivity contribution in [3.63, 3.8) is 0 Å². The summed E-state index contributed by atoms with van der Waals surface area (Å²) < 4.78 is 1.12. The number of primary amides is 1. The Balaban J connectivity index is 1.93. The molecule has 2 heterocycles. The predicted molar refractivity (Wildman–Crippen MR) is 85.8 cm³/mol. The number of carbonyl (C=O) groups excluding carboxylic acids is 1. The Labute approximate surface area is 124 Å². The number of thioether (sulfide) groups is 1. The van der Waals surface area contributed by atoms with Crippen LogP contribution in [0.3, 0.4) is 0 Å². The molecule has 0 radical (unpaired) electrons. The van der Waals surface area contributed by atoms with Crippen molar-refractivity contribution in [3.05, 3.63) is 23.2 Å². The molecule has 0 spiro atoms. The van der Waals surface area contributed by atoms with Crippen molar-refractivity contribution in [1.82, 2.24) is 4.98 Å². The Hall–Kier alpha value is -1.60. The number of fused-ring (bicyclic) bond motifs is 1. The number of amides is 1. The quantitative estimate of drug-likeness (QED) is 0.906. The third-order valence-corrected chi connectivity index (χ3v) is 5.14. The lowest BCUT2D eigenvalue weighted by Gasteiger charge is -2.00. The van der Waals surface area contributed by atoms with Gasteiger partial charge in [-0.05, 0) is 25.1 Å². The first-order chi connectivity index (χ1) is 9.67. The van der Waals surface area contributed by atoms with E-state index in [0.717, 1.165) is 32.5 Å². The van der Waals surface area contributed by atoms with Crippen molar-refractivity contribution in [2.24, 2.45) is 10.7 Å². The normalized spacial score (nSPS) is 18.2. The maximum atomic E-state index is 11.1. The molecular formula is C13H14N4OS2. The average Bonchev–Trinajstić information content (AvgIpc) is 3.05. The number of hydrogen-bond donors (Lipinski definition) is 2. The molecule has 1 aromatic carbocycles. The van der Waals surface area contributed by atoms with Crippen LogP contribution in [0.4, 0.5) is 5.69 Å².